The van der Waals surface area contributed by atoms with Crippen LogP contribution in [0.5, 0.6) is 0 Å². The van der Waals surface area contributed by atoms with Gasteiger partial charge in [0.25, 0.3) is 11.5 Å². The second-order valence-electron chi connectivity index (χ2n) is 8.63. The van der Waals surface area contributed by atoms with Gasteiger partial charge in [-0.05, 0) is 49.7 Å². The van der Waals surface area contributed by atoms with E-state index < -0.39 is 41.8 Å². The van der Waals surface area contributed by atoms with Crippen molar-refractivity contribution < 1.29 is 29.4 Å². The van der Waals surface area contributed by atoms with Crippen LogP contribution in [0.2, 0.25) is 0 Å². The van der Waals surface area contributed by atoms with Crippen LogP contribution in [0, 0.1) is 6.92 Å². The van der Waals surface area contributed by atoms with Crippen molar-refractivity contribution in [1.82, 2.24) is 24.6 Å². The standard InChI is InChI=1S/C26H24N6O7/c1-15-22-23(32(30-15)18-5-3-2-4-6-18)27-14-31(25(22)37)13-20(33)28-17-9-7-16(8-10-17)24(36)29-19(26(38)39)11-12-21(34)35/h2-10,14,19H,11-13H2,1H3,(H,28,33)(H,29,36)(H,34,35)(H,38,39)/t19-/m0/s1. The monoisotopic (exact) mass is 532 g/mol. The molecule has 39 heavy (non-hydrogen) atoms. The number of aliphatic carboxylic acids is 2. The molecule has 0 bridgehead atoms. The number of carboxylic acid groups (broad SMARTS) is 2. The van der Waals surface area contributed by atoms with E-state index in [9.17, 15) is 29.1 Å². The molecule has 4 aromatic rings. The van der Waals surface area contributed by atoms with Crippen molar-refractivity contribution in [2.45, 2.75) is 32.4 Å². The maximum absolute atomic E-state index is 13.1. The number of anilines is 1. The zero-order valence-corrected chi connectivity index (χ0v) is 20.7. The number of fused-ring (bicyclic) bond motifs is 1. The van der Waals surface area contributed by atoms with Gasteiger partial charge in [0.05, 0.1) is 11.4 Å². The minimum Gasteiger partial charge on any atom is -0.481 e. The second-order valence-corrected chi connectivity index (χ2v) is 8.63. The van der Waals surface area contributed by atoms with Gasteiger partial charge in [-0.1, -0.05) is 18.2 Å². The van der Waals surface area contributed by atoms with Gasteiger partial charge in [0.2, 0.25) is 5.91 Å². The lowest BCUT2D eigenvalue weighted by Crippen LogP contribution is -2.41. The number of carboxylic acids is 2. The van der Waals surface area contributed by atoms with Crippen molar-refractivity contribution in [3.05, 3.63) is 82.5 Å². The van der Waals surface area contributed by atoms with Gasteiger partial charge in [0.1, 0.15) is 24.3 Å². The summed E-state index contributed by atoms with van der Waals surface area (Å²) in [5, 5.41) is 27.6. The summed E-state index contributed by atoms with van der Waals surface area (Å²) in [6.07, 6.45) is 0.599. The van der Waals surface area contributed by atoms with Gasteiger partial charge >= 0.3 is 11.9 Å². The van der Waals surface area contributed by atoms with Gasteiger partial charge in [-0.2, -0.15) is 5.10 Å². The molecule has 2 amide bonds. The predicted molar refractivity (Wildman–Crippen MR) is 139 cm³/mol. The molecule has 4 N–H and O–H groups in total. The van der Waals surface area contributed by atoms with Crippen molar-refractivity contribution in [1.29, 1.82) is 0 Å². The fraction of sp³-hybridized carbons (Fsp3) is 0.192. The molecule has 13 heteroatoms. The molecule has 1 atom stereocenters. The summed E-state index contributed by atoms with van der Waals surface area (Å²) >= 11 is 0. The largest absolute Gasteiger partial charge is 0.481 e. The predicted octanol–water partition coefficient (Wildman–Crippen LogP) is 1.58. The van der Waals surface area contributed by atoms with Crippen LogP contribution in [0.1, 0.15) is 28.9 Å². The molecule has 0 saturated heterocycles. The summed E-state index contributed by atoms with van der Waals surface area (Å²) in [5.41, 5.74) is 1.63. The van der Waals surface area contributed by atoms with Crippen LogP contribution in [-0.4, -0.2) is 59.3 Å². The number of hydrogen-bond donors (Lipinski definition) is 4. The van der Waals surface area contributed by atoms with Crippen molar-refractivity contribution >= 4 is 40.5 Å². The number of carbonyl (C=O) groups is 4. The maximum Gasteiger partial charge on any atom is 0.326 e. The van der Waals surface area contributed by atoms with E-state index in [4.69, 9.17) is 5.11 Å². The Balaban J connectivity index is 1.43. The SMILES string of the molecule is Cc1nn(-c2ccccc2)c2ncn(CC(=O)Nc3ccc(C(=O)N[C@@H](CCC(=O)O)C(=O)O)cc3)c(=O)c12. The molecule has 0 saturated carbocycles. The molecule has 0 radical (unpaired) electrons. The number of benzene rings is 2. The normalized spacial score (nSPS) is 11.6. The van der Waals surface area contributed by atoms with E-state index in [-0.39, 0.29) is 18.5 Å². The molecule has 0 aliphatic heterocycles. The van der Waals surface area contributed by atoms with Crippen LogP contribution in [0.25, 0.3) is 16.7 Å². The fourth-order valence-corrected chi connectivity index (χ4v) is 3.89. The topological polar surface area (TPSA) is 186 Å². The highest BCUT2D eigenvalue weighted by Crippen LogP contribution is 2.17. The summed E-state index contributed by atoms with van der Waals surface area (Å²) in [6.45, 7) is 1.38. The summed E-state index contributed by atoms with van der Waals surface area (Å²) in [6, 6.07) is 13.5. The lowest BCUT2D eigenvalue weighted by Gasteiger charge is -2.14. The molecule has 200 valence electrons. The Kier molecular flexibility index (Phi) is 7.80. The molecule has 2 aromatic carbocycles. The summed E-state index contributed by atoms with van der Waals surface area (Å²) in [4.78, 5) is 64.5. The van der Waals surface area contributed by atoms with E-state index in [1.807, 2.05) is 30.3 Å². The van der Waals surface area contributed by atoms with Crippen LogP contribution in [0.3, 0.4) is 0 Å². The Morgan fingerprint density at radius 1 is 1.00 bits per heavy atom. The molecule has 0 spiro atoms. The lowest BCUT2D eigenvalue weighted by molar-refractivity contribution is -0.140. The van der Waals surface area contributed by atoms with E-state index in [1.54, 1.807) is 11.6 Å². The van der Waals surface area contributed by atoms with Gasteiger partial charge in [0, 0.05) is 17.7 Å². The molecule has 0 fully saturated rings. The average molecular weight is 533 g/mol. The lowest BCUT2D eigenvalue weighted by atomic mass is 10.1. The quantitative estimate of drug-likeness (QED) is 0.235. The number of aryl methyl sites for hydroxylation is 1. The van der Waals surface area contributed by atoms with Crippen LogP contribution < -0.4 is 16.2 Å². The third-order valence-electron chi connectivity index (χ3n) is 5.83. The van der Waals surface area contributed by atoms with Crippen molar-refractivity contribution in [2.24, 2.45) is 0 Å². The van der Waals surface area contributed by atoms with E-state index in [0.717, 1.165) is 5.69 Å². The van der Waals surface area contributed by atoms with E-state index in [2.05, 4.69) is 20.7 Å². The minimum absolute atomic E-state index is 0.117. The number of hydrogen-bond acceptors (Lipinski definition) is 7. The van der Waals surface area contributed by atoms with Crippen molar-refractivity contribution in [3.8, 4) is 5.69 Å². The highest BCUT2D eigenvalue weighted by molar-refractivity contribution is 5.97. The summed E-state index contributed by atoms with van der Waals surface area (Å²) in [5.74, 6) is -3.74. The molecule has 2 heterocycles. The highest BCUT2D eigenvalue weighted by atomic mass is 16.4. The van der Waals surface area contributed by atoms with Gasteiger partial charge in [-0.25, -0.2) is 14.5 Å². The zero-order valence-electron chi connectivity index (χ0n) is 20.7. The van der Waals surface area contributed by atoms with Crippen molar-refractivity contribution in [2.75, 3.05) is 5.32 Å². The molecule has 4 rings (SSSR count). The van der Waals surface area contributed by atoms with Gasteiger partial charge in [-0.15, -0.1) is 0 Å². The Morgan fingerprint density at radius 3 is 2.33 bits per heavy atom. The molecular formula is C26H24N6O7. The molecular weight excluding hydrogens is 508 g/mol. The third kappa shape index (κ3) is 6.15. The van der Waals surface area contributed by atoms with Gasteiger partial charge in [-0.3, -0.25) is 23.7 Å². The van der Waals surface area contributed by atoms with Crippen LogP contribution in [0.15, 0.2) is 65.7 Å². The molecule has 0 unspecified atom stereocenters. The number of aromatic nitrogens is 4. The first-order valence-electron chi connectivity index (χ1n) is 11.8. The number of amides is 2. The number of nitrogens with one attached hydrogen (secondary N) is 2. The molecule has 0 aliphatic rings. The van der Waals surface area contributed by atoms with E-state index in [0.29, 0.717) is 22.4 Å². The highest BCUT2D eigenvalue weighted by Gasteiger charge is 2.22. The van der Waals surface area contributed by atoms with Crippen LogP contribution >= 0.6 is 0 Å². The van der Waals surface area contributed by atoms with Crippen molar-refractivity contribution in [3.63, 3.8) is 0 Å². The van der Waals surface area contributed by atoms with E-state index >= 15 is 0 Å². The average Bonchev–Trinajstić information content (AvgIpc) is 3.25. The molecule has 2 aromatic heterocycles. The molecule has 0 aliphatic carbocycles. The Morgan fingerprint density at radius 2 is 1.69 bits per heavy atom. The first-order valence-corrected chi connectivity index (χ1v) is 11.8. The minimum atomic E-state index is -1.36. The van der Waals surface area contributed by atoms with Gasteiger partial charge in [0.15, 0.2) is 5.65 Å². The first-order chi connectivity index (χ1) is 18.6. The fourth-order valence-electron chi connectivity index (χ4n) is 3.89. The first kappa shape index (κ1) is 26.7. The zero-order chi connectivity index (χ0) is 28.1. The number of rotatable bonds is 10. The van der Waals surface area contributed by atoms with Crippen LogP contribution in [-0.2, 0) is 20.9 Å². The third-order valence-corrected chi connectivity index (χ3v) is 5.83. The number of nitrogens with zero attached hydrogens (tertiary/aromatic N) is 4. The Bertz CT molecular complexity index is 1610. The number of para-hydroxylation sites is 1. The summed E-state index contributed by atoms with van der Waals surface area (Å²) in [7, 11) is 0. The van der Waals surface area contributed by atoms with Crippen LogP contribution in [0.4, 0.5) is 5.69 Å². The Hall–Kier alpha value is -5.33. The number of carbonyl (C=O) groups excluding carboxylic acids is 2. The smallest absolute Gasteiger partial charge is 0.326 e. The second kappa shape index (κ2) is 11.4. The van der Waals surface area contributed by atoms with E-state index in [1.165, 1.54) is 35.2 Å². The molecule has 13 nitrogen and oxygen atoms in total. The summed E-state index contributed by atoms with van der Waals surface area (Å²) < 4.78 is 2.74. The Labute approximate surface area is 220 Å². The maximum atomic E-state index is 13.1. The van der Waals surface area contributed by atoms with Gasteiger partial charge < -0.3 is 20.8 Å².